The van der Waals surface area contributed by atoms with Crippen molar-refractivity contribution in [3.8, 4) is 0 Å². The Hall–Kier alpha value is -3.46. The van der Waals surface area contributed by atoms with Crippen LogP contribution < -0.4 is 5.32 Å². The Labute approximate surface area is 202 Å². The number of alkyl halides is 3. The molecular weight excluding hydrogens is 491 g/mol. The van der Waals surface area contributed by atoms with Gasteiger partial charge in [0.2, 0.25) is 5.91 Å². The number of hydrogen-bond acceptors (Lipinski definition) is 2. The molecule has 0 saturated heterocycles. The van der Waals surface area contributed by atoms with Crippen molar-refractivity contribution in [1.82, 2.24) is 4.90 Å². The lowest BCUT2D eigenvalue weighted by Gasteiger charge is -2.30. The maximum atomic E-state index is 14.3. The molecular formula is C25H18ClF5N2O2. The highest BCUT2D eigenvalue weighted by molar-refractivity contribution is 6.34. The van der Waals surface area contributed by atoms with E-state index in [1.54, 1.807) is 12.1 Å². The minimum Gasteiger partial charge on any atom is -0.334 e. The molecule has 4 nitrogen and oxygen atoms in total. The van der Waals surface area contributed by atoms with E-state index in [4.69, 9.17) is 11.6 Å². The van der Waals surface area contributed by atoms with E-state index in [1.165, 1.54) is 29.2 Å². The van der Waals surface area contributed by atoms with E-state index in [2.05, 4.69) is 5.32 Å². The summed E-state index contributed by atoms with van der Waals surface area (Å²) in [4.78, 5) is 26.8. The predicted octanol–water partition coefficient (Wildman–Crippen LogP) is 6.02. The summed E-state index contributed by atoms with van der Waals surface area (Å²) in [5, 5.41) is 2.77. The van der Waals surface area contributed by atoms with Gasteiger partial charge in [-0.2, -0.15) is 13.2 Å². The van der Waals surface area contributed by atoms with Crippen LogP contribution >= 0.6 is 11.6 Å². The molecule has 0 radical (unpaired) electrons. The van der Waals surface area contributed by atoms with Gasteiger partial charge in [0.15, 0.2) is 0 Å². The van der Waals surface area contributed by atoms with E-state index in [1.807, 2.05) is 0 Å². The molecule has 2 amide bonds. The first-order valence-corrected chi connectivity index (χ1v) is 10.9. The fourth-order valence-electron chi connectivity index (χ4n) is 4.03. The van der Waals surface area contributed by atoms with E-state index in [0.717, 1.165) is 12.1 Å². The lowest BCUT2D eigenvalue weighted by Crippen LogP contribution is -2.36. The molecule has 1 heterocycles. The van der Waals surface area contributed by atoms with Crippen LogP contribution in [0.15, 0.2) is 54.6 Å². The van der Waals surface area contributed by atoms with Crippen LogP contribution in [0.3, 0.4) is 0 Å². The molecule has 0 fully saturated rings. The Morgan fingerprint density at radius 3 is 2.46 bits per heavy atom. The average Bonchev–Trinajstić information content (AvgIpc) is 2.81. The van der Waals surface area contributed by atoms with Crippen molar-refractivity contribution in [3.05, 3.63) is 99.1 Å². The second kappa shape index (κ2) is 9.65. The normalized spacial score (nSPS) is 13.4. The second-order valence-corrected chi connectivity index (χ2v) is 8.43. The Morgan fingerprint density at radius 2 is 1.74 bits per heavy atom. The first-order chi connectivity index (χ1) is 16.6. The number of amides is 2. The molecule has 4 rings (SSSR count). The van der Waals surface area contributed by atoms with Gasteiger partial charge in [-0.1, -0.05) is 41.9 Å². The van der Waals surface area contributed by atoms with Crippen molar-refractivity contribution in [3.63, 3.8) is 0 Å². The summed E-state index contributed by atoms with van der Waals surface area (Å²) in [5.74, 6) is -3.36. The number of halogens is 6. The number of carbonyl (C=O) groups excluding carboxylic acids is 2. The monoisotopic (exact) mass is 508 g/mol. The van der Waals surface area contributed by atoms with Crippen molar-refractivity contribution < 1.29 is 31.5 Å². The fraction of sp³-hybridized carbons (Fsp3) is 0.200. The third-order valence-electron chi connectivity index (χ3n) is 5.74. The van der Waals surface area contributed by atoms with Crippen molar-refractivity contribution in [1.29, 1.82) is 0 Å². The highest BCUT2D eigenvalue weighted by Gasteiger charge is 2.35. The van der Waals surface area contributed by atoms with Crippen molar-refractivity contribution in [2.24, 2.45) is 0 Å². The molecule has 0 spiro atoms. The highest BCUT2D eigenvalue weighted by atomic mass is 35.5. The van der Waals surface area contributed by atoms with E-state index in [0.29, 0.717) is 23.6 Å². The summed E-state index contributed by atoms with van der Waals surface area (Å²) in [5.41, 5.74) is -0.336. The zero-order valence-electron chi connectivity index (χ0n) is 18.1. The zero-order valence-corrected chi connectivity index (χ0v) is 18.8. The molecule has 35 heavy (non-hydrogen) atoms. The quantitative estimate of drug-likeness (QED) is 0.438. The van der Waals surface area contributed by atoms with Crippen molar-refractivity contribution >= 4 is 29.1 Å². The van der Waals surface area contributed by atoms with Gasteiger partial charge in [-0.15, -0.1) is 0 Å². The molecule has 0 atom stereocenters. The summed E-state index contributed by atoms with van der Waals surface area (Å²) >= 11 is 6.27. The van der Waals surface area contributed by atoms with Crippen LogP contribution in [0.25, 0.3) is 0 Å². The standard InChI is InChI=1S/C25H18ClF5N2O2/c26-19-9-8-15-13-33(24(35)17-5-1-2-7-20(17)27)11-10-16(15)23(19)32-21(34)12-14-4-3-6-18(22(14)28)25(29,30)31/h1-9H,10-13H2,(H,32,34). The predicted molar refractivity (Wildman–Crippen MR) is 120 cm³/mol. The number of rotatable bonds is 4. The van der Waals surface area contributed by atoms with Crippen LogP contribution in [0.2, 0.25) is 5.02 Å². The van der Waals surface area contributed by atoms with Crippen LogP contribution in [0.1, 0.15) is 32.6 Å². The number of nitrogens with one attached hydrogen (secondary N) is 1. The number of hydrogen-bond donors (Lipinski definition) is 1. The smallest absolute Gasteiger partial charge is 0.334 e. The van der Waals surface area contributed by atoms with Crippen LogP contribution in [0.4, 0.5) is 27.6 Å². The highest BCUT2D eigenvalue weighted by Crippen LogP contribution is 2.35. The maximum absolute atomic E-state index is 14.3. The second-order valence-electron chi connectivity index (χ2n) is 8.02. The van der Waals surface area contributed by atoms with Gasteiger partial charge in [0.05, 0.1) is 28.3 Å². The average molecular weight is 509 g/mol. The minimum atomic E-state index is -4.88. The molecule has 1 aliphatic rings. The fourth-order valence-corrected chi connectivity index (χ4v) is 4.26. The number of fused-ring (bicyclic) bond motifs is 1. The summed E-state index contributed by atoms with van der Waals surface area (Å²) in [6, 6.07) is 11.6. The van der Waals surface area contributed by atoms with Gasteiger partial charge in [-0.3, -0.25) is 9.59 Å². The molecule has 1 aliphatic heterocycles. The van der Waals surface area contributed by atoms with Gasteiger partial charge in [0.25, 0.3) is 5.91 Å². The third-order valence-corrected chi connectivity index (χ3v) is 6.06. The number of nitrogens with zero attached hydrogens (tertiary/aromatic N) is 1. The molecule has 0 bridgehead atoms. The lowest BCUT2D eigenvalue weighted by atomic mass is 9.96. The molecule has 10 heteroatoms. The summed E-state index contributed by atoms with van der Waals surface area (Å²) in [6.45, 7) is 0.371. The lowest BCUT2D eigenvalue weighted by molar-refractivity contribution is -0.140. The molecule has 182 valence electrons. The minimum absolute atomic E-state index is 0.0541. The van der Waals surface area contributed by atoms with E-state index in [-0.39, 0.29) is 29.4 Å². The Balaban J connectivity index is 1.53. The molecule has 3 aromatic carbocycles. The van der Waals surface area contributed by atoms with Gasteiger partial charge in [-0.25, -0.2) is 8.78 Å². The van der Waals surface area contributed by atoms with E-state index in [9.17, 15) is 31.5 Å². The Bertz CT molecular complexity index is 1310. The first kappa shape index (κ1) is 24.7. The topological polar surface area (TPSA) is 49.4 Å². The van der Waals surface area contributed by atoms with Crippen LogP contribution in [-0.4, -0.2) is 23.3 Å². The first-order valence-electron chi connectivity index (χ1n) is 10.5. The molecule has 0 unspecified atom stereocenters. The van der Waals surface area contributed by atoms with Crippen LogP contribution in [-0.2, 0) is 30.4 Å². The molecule has 3 aromatic rings. The summed E-state index contributed by atoms with van der Waals surface area (Å²) < 4.78 is 67.3. The van der Waals surface area contributed by atoms with Crippen LogP contribution in [0.5, 0.6) is 0 Å². The van der Waals surface area contributed by atoms with E-state index >= 15 is 0 Å². The number of benzene rings is 3. The van der Waals surface area contributed by atoms with Crippen LogP contribution in [0, 0.1) is 11.6 Å². The molecule has 0 aromatic heterocycles. The van der Waals surface area contributed by atoms with Gasteiger partial charge in [0.1, 0.15) is 11.6 Å². The van der Waals surface area contributed by atoms with Gasteiger partial charge in [0, 0.05) is 13.1 Å². The summed E-state index contributed by atoms with van der Waals surface area (Å²) in [7, 11) is 0. The Kier molecular flexibility index (Phi) is 6.80. The van der Waals surface area contributed by atoms with E-state index < -0.39 is 47.2 Å². The largest absolute Gasteiger partial charge is 0.419 e. The van der Waals surface area contributed by atoms with Gasteiger partial charge >= 0.3 is 6.18 Å². The maximum Gasteiger partial charge on any atom is 0.419 e. The zero-order chi connectivity index (χ0) is 25.3. The summed E-state index contributed by atoms with van der Waals surface area (Å²) in [6.07, 6.45) is -5.22. The molecule has 1 N–H and O–H groups in total. The molecule has 0 saturated carbocycles. The molecule has 0 aliphatic carbocycles. The van der Waals surface area contributed by atoms with Crippen molar-refractivity contribution in [2.45, 2.75) is 25.6 Å². The van der Waals surface area contributed by atoms with Gasteiger partial charge in [-0.05, 0) is 47.4 Å². The Morgan fingerprint density at radius 1 is 1.00 bits per heavy atom. The third kappa shape index (κ3) is 5.14. The number of carbonyl (C=O) groups is 2. The van der Waals surface area contributed by atoms with Gasteiger partial charge < -0.3 is 10.2 Å². The number of anilines is 1. The SMILES string of the molecule is O=C(Cc1cccc(C(F)(F)F)c1F)Nc1c(Cl)ccc2c1CCN(C(=O)c1ccccc1F)C2. The van der Waals surface area contributed by atoms with Crippen molar-refractivity contribution in [2.75, 3.05) is 11.9 Å².